The van der Waals surface area contributed by atoms with Crippen LogP contribution in [0, 0.1) is 0 Å². The third-order valence-electron chi connectivity index (χ3n) is 3.65. The summed E-state index contributed by atoms with van der Waals surface area (Å²) in [7, 11) is -3.86. The van der Waals surface area contributed by atoms with Gasteiger partial charge in [-0.25, -0.2) is 4.79 Å². The van der Waals surface area contributed by atoms with E-state index in [0.29, 0.717) is 0 Å². The number of rotatable bonds is 5. The quantitative estimate of drug-likeness (QED) is 0.520. The van der Waals surface area contributed by atoms with Crippen molar-refractivity contribution in [3.05, 3.63) is 11.6 Å². The standard InChI is InChI=1S/C15H23NO8S/c1-6-21-14(18)9-7-10(24-25(5,19)20)11(16-8(2)17)13-12(9)22-15(3,4)23-13/h7,10-13H,6H2,1-5H3,(H,16,17)/t10-,11-,12-,13+/m1/s1. The number of hydrogen-bond acceptors (Lipinski definition) is 8. The van der Waals surface area contributed by atoms with Crippen molar-refractivity contribution in [1.29, 1.82) is 0 Å². The molecule has 2 rings (SSSR count). The van der Waals surface area contributed by atoms with Crippen LogP contribution in [0.4, 0.5) is 0 Å². The van der Waals surface area contributed by atoms with Crippen LogP contribution >= 0.6 is 0 Å². The van der Waals surface area contributed by atoms with Crippen molar-refractivity contribution >= 4 is 22.0 Å². The average Bonchev–Trinajstić information content (AvgIpc) is 2.75. The first kappa shape index (κ1) is 19.8. The molecule has 1 saturated heterocycles. The summed E-state index contributed by atoms with van der Waals surface area (Å²) in [4.78, 5) is 23.8. The highest BCUT2D eigenvalue weighted by atomic mass is 32.2. The maximum absolute atomic E-state index is 12.3. The SMILES string of the molecule is CCOC(=O)C1=C[C@@H](OS(C)(=O)=O)[C@@H](NC(C)=O)[C@@H]2OC(C)(C)O[C@H]12. The summed E-state index contributed by atoms with van der Waals surface area (Å²) in [6, 6.07) is -0.850. The van der Waals surface area contributed by atoms with E-state index in [9.17, 15) is 18.0 Å². The van der Waals surface area contributed by atoms with Crippen LogP contribution in [-0.2, 0) is 38.1 Å². The number of fused-ring (bicyclic) bond motifs is 1. The van der Waals surface area contributed by atoms with Crippen molar-refractivity contribution in [3.8, 4) is 0 Å². The third-order valence-corrected chi connectivity index (χ3v) is 4.23. The molecule has 2 aliphatic rings. The van der Waals surface area contributed by atoms with E-state index < -0.39 is 52.1 Å². The molecule has 0 aromatic carbocycles. The molecule has 0 aromatic rings. The van der Waals surface area contributed by atoms with Gasteiger partial charge in [-0.2, -0.15) is 8.42 Å². The zero-order chi connectivity index (χ0) is 19.0. The fourth-order valence-electron chi connectivity index (χ4n) is 2.94. The van der Waals surface area contributed by atoms with Crippen molar-refractivity contribution in [1.82, 2.24) is 5.32 Å². The van der Waals surface area contributed by atoms with Crippen LogP contribution < -0.4 is 5.32 Å². The van der Waals surface area contributed by atoms with Gasteiger partial charge in [0.1, 0.15) is 18.3 Å². The average molecular weight is 377 g/mol. The zero-order valence-electron chi connectivity index (χ0n) is 14.8. The molecule has 9 nitrogen and oxygen atoms in total. The molecule has 0 bridgehead atoms. The molecule has 1 fully saturated rings. The van der Waals surface area contributed by atoms with E-state index in [2.05, 4.69) is 5.32 Å². The van der Waals surface area contributed by atoms with Gasteiger partial charge in [-0.1, -0.05) is 0 Å². The first-order valence-corrected chi connectivity index (χ1v) is 9.65. The van der Waals surface area contributed by atoms with E-state index >= 15 is 0 Å². The first-order valence-electron chi connectivity index (χ1n) is 7.83. The molecule has 0 spiro atoms. The second-order valence-corrected chi connectivity index (χ2v) is 7.96. The maximum atomic E-state index is 12.3. The van der Waals surface area contributed by atoms with Crippen molar-refractivity contribution in [2.45, 2.75) is 57.8 Å². The summed E-state index contributed by atoms with van der Waals surface area (Å²) in [6.07, 6.45) is -0.555. The minimum atomic E-state index is -3.86. The lowest BCUT2D eigenvalue weighted by Crippen LogP contribution is -2.57. The third kappa shape index (κ3) is 4.78. The van der Waals surface area contributed by atoms with Gasteiger partial charge in [-0.15, -0.1) is 0 Å². The van der Waals surface area contributed by atoms with Gasteiger partial charge in [0.05, 0.1) is 24.5 Å². The number of ether oxygens (including phenoxy) is 3. The largest absolute Gasteiger partial charge is 0.463 e. The Morgan fingerprint density at radius 2 is 1.96 bits per heavy atom. The summed E-state index contributed by atoms with van der Waals surface area (Å²) in [6.45, 7) is 6.40. The van der Waals surface area contributed by atoms with Gasteiger partial charge >= 0.3 is 5.97 Å². The summed E-state index contributed by atoms with van der Waals surface area (Å²) >= 11 is 0. The monoisotopic (exact) mass is 377 g/mol. The first-order chi connectivity index (χ1) is 11.4. The fourth-order valence-corrected chi connectivity index (χ4v) is 3.52. The van der Waals surface area contributed by atoms with Crippen LogP contribution in [0.15, 0.2) is 11.6 Å². The van der Waals surface area contributed by atoms with Gasteiger partial charge in [-0.3, -0.25) is 8.98 Å². The predicted octanol–water partition coefficient (Wildman–Crippen LogP) is -0.141. The van der Waals surface area contributed by atoms with Crippen LogP contribution in [0.25, 0.3) is 0 Å². The highest BCUT2D eigenvalue weighted by Gasteiger charge is 2.54. The number of nitrogens with one attached hydrogen (secondary N) is 1. The Balaban J connectivity index is 2.47. The van der Waals surface area contributed by atoms with Crippen LogP contribution in [0.1, 0.15) is 27.7 Å². The zero-order valence-corrected chi connectivity index (χ0v) is 15.6. The smallest absolute Gasteiger partial charge is 0.336 e. The lowest BCUT2D eigenvalue weighted by molar-refractivity contribution is -0.150. The molecule has 1 heterocycles. The van der Waals surface area contributed by atoms with E-state index in [1.165, 1.54) is 13.0 Å². The van der Waals surface area contributed by atoms with E-state index in [4.69, 9.17) is 18.4 Å². The molecular formula is C15H23NO8S. The lowest BCUT2D eigenvalue weighted by atomic mass is 9.87. The van der Waals surface area contributed by atoms with Crippen molar-refractivity contribution in [2.24, 2.45) is 0 Å². The summed E-state index contributed by atoms with van der Waals surface area (Å²) < 4.78 is 44.9. The van der Waals surface area contributed by atoms with Crippen molar-refractivity contribution < 1.29 is 36.4 Å². The van der Waals surface area contributed by atoms with Gasteiger partial charge in [0.25, 0.3) is 10.1 Å². The lowest BCUT2D eigenvalue weighted by Gasteiger charge is -2.35. The summed E-state index contributed by atoms with van der Waals surface area (Å²) in [5.41, 5.74) is 0.104. The molecule has 1 aliphatic heterocycles. The Morgan fingerprint density at radius 1 is 1.32 bits per heavy atom. The molecule has 0 saturated carbocycles. The fraction of sp³-hybridized carbons (Fsp3) is 0.733. The number of hydrogen-bond donors (Lipinski definition) is 1. The molecule has 10 heteroatoms. The molecule has 0 aromatic heterocycles. The van der Waals surface area contributed by atoms with Gasteiger partial charge in [0.15, 0.2) is 5.79 Å². The van der Waals surface area contributed by atoms with Crippen molar-refractivity contribution in [3.63, 3.8) is 0 Å². The molecule has 0 unspecified atom stereocenters. The summed E-state index contributed by atoms with van der Waals surface area (Å²) in [5, 5.41) is 2.63. The predicted molar refractivity (Wildman–Crippen MR) is 85.9 cm³/mol. The Bertz CT molecular complexity index is 684. The number of amides is 1. The molecule has 25 heavy (non-hydrogen) atoms. The van der Waals surface area contributed by atoms with E-state index in [1.54, 1.807) is 20.8 Å². The normalized spacial score (nSPS) is 31.0. The van der Waals surface area contributed by atoms with E-state index in [0.717, 1.165) is 6.26 Å². The highest BCUT2D eigenvalue weighted by molar-refractivity contribution is 7.86. The van der Waals surface area contributed by atoms with Gasteiger partial charge in [-0.05, 0) is 26.8 Å². The van der Waals surface area contributed by atoms with Gasteiger partial charge < -0.3 is 19.5 Å². The minimum absolute atomic E-state index is 0.104. The number of carbonyl (C=O) groups excluding carboxylic acids is 2. The van der Waals surface area contributed by atoms with Crippen LogP contribution in [0.2, 0.25) is 0 Å². The Kier molecular flexibility index (Phi) is 5.57. The second-order valence-electron chi connectivity index (χ2n) is 6.35. The van der Waals surface area contributed by atoms with Crippen LogP contribution in [-0.4, -0.2) is 63.3 Å². The van der Waals surface area contributed by atoms with Gasteiger partial charge in [0, 0.05) is 6.92 Å². The van der Waals surface area contributed by atoms with E-state index in [1.807, 2.05) is 0 Å². The Labute approximate surface area is 146 Å². The van der Waals surface area contributed by atoms with Gasteiger partial charge in [0.2, 0.25) is 5.91 Å². The van der Waals surface area contributed by atoms with Crippen molar-refractivity contribution in [2.75, 3.05) is 12.9 Å². The minimum Gasteiger partial charge on any atom is -0.463 e. The Morgan fingerprint density at radius 3 is 2.48 bits per heavy atom. The van der Waals surface area contributed by atoms with E-state index in [-0.39, 0.29) is 12.2 Å². The summed E-state index contributed by atoms with van der Waals surface area (Å²) in [5.74, 6) is -2.08. The number of carbonyl (C=O) groups is 2. The molecule has 1 amide bonds. The molecule has 0 radical (unpaired) electrons. The Hall–Kier alpha value is -1.49. The number of esters is 1. The highest BCUT2D eigenvalue weighted by Crippen LogP contribution is 2.39. The molecule has 142 valence electrons. The topological polar surface area (TPSA) is 117 Å². The second kappa shape index (κ2) is 7.02. The maximum Gasteiger partial charge on any atom is 0.336 e. The molecule has 4 atom stereocenters. The molecule has 1 N–H and O–H groups in total. The van der Waals surface area contributed by atoms with Crippen LogP contribution in [0.3, 0.4) is 0 Å². The molecule has 1 aliphatic carbocycles. The molecular weight excluding hydrogens is 354 g/mol. The van der Waals surface area contributed by atoms with Crippen LogP contribution in [0.5, 0.6) is 0 Å².